The van der Waals surface area contributed by atoms with E-state index < -0.39 is 0 Å². The van der Waals surface area contributed by atoms with Gasteiger partial charge in [0.05, 0.1) is 18.7 Å². The molecule has 16 heavy (non-hydrogen) atoms. The van der Waals surface area contributed by atoms with Crippen LogP contribution in [0.25, 0.3) is 11.5 Å². The van der Waals surface area contributed by atoms with Gasteiger partial charge < -0.3 is 14.9 Å². The fraction of sp³-hybridized carbons (Fsp3) is 0.200. The summed E-state index contributed by atoms with van der Waals surface area (Å²) in [6, 6.07) is 5.23. The Kier molecular flexibility index (Phi) is 3.07. The number of nitrogens with two attached hydrogens (primary N) is 1. The standard InChI is InChI=1S/C10H10ClN3O2/c1-15-8-3-2-6(4-7(8)11)10-14-13-9(5-12)16-10/h2-4H,5,12H2,1H3. The number of halogens is 1. The van der Waals surface area contributed by atoms with E-state index in [4.69, 9.17) is 26.5 Å². The van der Waals surface area contributed by atoms with Gasteiger partial charge in [-0.05, 0) is 18.2 Å². The highest BCUT2D eigenvalue weighted by atomic mass is 35.5. The molecule has 0 atom stereocenters. The van der Waals surface area contributed by atoms with Crippen molar-refractivity contribution in [2.45, 2.75) is 6.54 Å². The molecule has 0 saturated carbocycles. The second-order valence-electron chi connectivity index (χ2n) is 3.05. The summed E-state index contributed by atoms with van der Waals surface area (Å²) >= 11 is 5.98. The molecule has 0 unspecified atom stereocenters. The molecule has 0 radical (unpaired) electrons. The van der Waals surface area contributed by atoms with Crippen LogP contribution in [0.5, 0.6) is 5.75 Å². The fourth-order valence-electron chi connectivity index (χ4n) is 1.25. The lowest BCUT2D eigenvalue weighted by atomic mass is 10.2. The summed E-state index contributed by atoms with van der Waals surface area (Å²) in [7, 11) is 1.56. The van der Waals surface area contributed by atoms with E-state index in [0.29, 0.717) is 22.6 Å². The maximum atomic E-state index is 5.98. The second-order valence-corrected chi connectivity index (χ2v) is 3.46. The summed E-state index contributed by atoms with van der Waals surface area (Å²) in [5, 5.41) is 8.12. The summed E-state index contributed by atoms with van der Waals surface area (Å²) in [5.74, 6) is 1.39. The third kappa shape index (κ3) is 2.00. The van der Waals surface area contributed by atoms with Gasteiger partial charge in [-0.25, -0.2) is 0 Å². The molecular weight excluding hydrogens is 230 g/mol. The highest BCUT2D eigenvalue weighted by Crippen LogP contribution is 2.29. The predicted octanol–water partition coefficient (Wildman–Crippen LogP) is 1.86. The molecule has 0 spiro atoms. The smallest absolute Gasteiger partial charge is 0.247 e. The molecule has 1 aromatic heterocycles. The molecule has 0 aliphatic rings. The van der Waals surface area contributed by atoms with Crippen LogP contribution in [0, 0.1) is 0 Å². The molecule has 0 aliphatic heterocycles. The number of methoxy groups -OCH3 is 1. The molecule has 2 N–H and O–H groups in total. The Balaban J connectivity index is 2.37. The Morgan fingerprint density at radius 3 is 2.81 bits per heavy atom. The zero-order valence-electron chi connectivity index (χ0n) is 8.61. The van der Waals surface area contributed by atoms with Crippen LogP contribution in [-0.4, -0.2) is 17.3 Å². The molecule has 0 amide bonds. The number of aromatic nitrogens is 2. The SMILES string of the molecule is COc1ccc(-c2nnc(CN)o2)cc1Cl. The fourth-order valence-corrected chi connectivity index (χ4v) is 1.51. The van der Waals surface area contributed by atoms with Crippen LogP contribution in [0.15, 0.2) is 22.6 Å². The first-order valence-electron chi connectivity index (χ1n) is 4.61. The highest BCUT2D eigenvalue weighted by Gasteiger charge is 2.09. The Labute approximate surface area is 97.2 Å². The predicted molar refractivity (Wildman–Crippen MR) is 59.2 cm³/mol. The summed E-state index contributed by atoms with van der Waals surface area (Å²) in [5.41, 5.74) is 6.11. The number of hydrogen-bond donors (Lipinski definition) is 1. The minimum Gasteiger partial charge on any atom is -0.495 e. The van der Waals surface area contributed by atoms with Gasteiger partial charge in [0.2, 0.25) is 11.8 Å². The van der Waals surface area contributed by atoms with E-state index >= 15 is 0 Å². The molecule has 5 nitrogen and oxygen atoms in total. The van der Waals surface area contributed by atoms with Crippen LogP contribution in [0.1, 0.15) is 5.89 Å². The van der Waals surface area contributed by atoms with Gasteiger partial charge in [0, 0.05) is 5.56 Å². The maximum absolute atomic E-state index is 5.98. The van der Waals surface area contributed by atoms with E-state index in [1.807, 2.05) is 0 Å². The molecule has 84 valence electrons. The average Bonchev–Trinajstić information content (AvgIpc) is 2.77. The lowest BCUT2D eigenvalue weighted by Crippen LogP contribution is -1.95. The molecule has 0 saturated heterocycles. The number of hydrogen-bond acceptors (Lipinski definition) is 5. The average molecular weight is 240 g/mol. The first-order chi connectivity index (χ1) is 7.74. The topological polar surface area (TPSA) is 74.2 Å². The lowest BCUT2D eigenvalue weighted by Gasteiger charge is -2.02. The zero-order chi connectivity index (χ0) is 11.5. The van der Waals surface area contributed by atoms with Gasteiger partial charge in [-0.15, -0.1) is 10.2 Å². The van der Waals surface area contributed by atoms with Gasteiger partial charge in [0.25, 0.3) is 0 Å². The molecule has 1 aromatic carbocycles. The Bertz CT molecular complexity index is 499. The monoisotopic (exact) mass is 239 g/mol. The van der Waals surface area contributed by atoms with E-state index in [2.05, 4.69) is 10.2 Å². The van der Waals surface area contributed by atoms with Crippen molar-refractivity contribution in [3.05, 3.63) is 29.1 Å². The van der Waals surface area contributed by atoms with Gasteiger partial charge in [-0.3, -0.25) is 0 Å². The molecule has 0 aliphatic carbocycles. The lowest BCUT2D eigenvalue weighted by molar-refractivity contribution is 0.415. The van der Waals surface area contributed by atoms with Crippen LogP contribution in [0.2, 0.25) is 5.02 Å². The van der Waals surface area contributed by atoms with Crippen molar-refractivity contribution in [1.29, 1.82) is 0 Å². The van der Waals surface area contributed by atoms with Crippen LogP contribution >= 0.6 is 11.6 Å². The van der Waals surface area contributed by atoms with Crippen molar-refractivity contribution in [1.82, 2.24) is 10.2 Å². The third-order valence-electron chi connectivity index (χ3n) is 2.04. The Morgan fingerprint density at radius 1 is 1.44 bits per heavy atom. The minimum atomic E-state index is 0.219. The molecule has 0 bridgehead atoms. The maximum Gasteiger partial charge on any atom is 0.247 e. The van der Waals surface area contributed by atoms with Gasteiger partial charge in [0.1, 0.15) is 5.75 Å². The summed E-state index contributed by atoms with van der Waals surface area (Å²) in [4.78, 5) is 0. The normalized spacial score (nSPS) is 10.4. The molecule has 1 heterocycles. The van der Waals surface area contributed by atoms with Crippen molar-refractivity contribution >= 4 is 11.6 Å². The van der Waals surface area contributed by atoms with Gasteiger partial charge in [0.15, 0.2) is 0 Å². The van der Waals surface area contributed by atoms with Crippen LogP contribution in [0.4, 0.5) is 0 Å². The Morgan fingerprint density at radius 2 is 2.25 bits per heavy atom. The number of ether oxygens (including phenoxy) is 1. The van der Waals surface area contributed by atoms with Gasteiger partial charge in [-0.2, -0.15) is 0 Å². The molecule has 6 heteroatoms. The zero-order valence-corrected chi connectivity index (χ0v) is 9.36. The summed E-state index contributed by atoms with van der Waals surface area (Å²) in [6.45, 7) is 0.219. The molecule has 2 aromatic rings. The van der Waals surface area contributed by atoms with Crippen molar-refractivity contribution in [2.75, 3.05) is 7.11 Å². The second kappa shape index (κ2) is 4.51. The summed E-state index contributed by atoms with van der Waals surface area (Å²) < 4.78 is 10.3. The third-order valence-corrected chi connectivity index (χ3v) is 2.34. The highest BCUT2D eigenvalue weighted by molar-refractivity contribution is 6.32. The van der Waals surface area contributed by atoms with Crippen molar-refractivity contribution in [2.24, 2.45) is 5.73 Å². The van der Waals surface area contributed by atoms with Gasteiger partial charge >= 0.3 is 0 Å². The minimum absolute atomic E-state index is 0.219. The molecule has 2 rings (SSSR count). The van der Waals surface area contributed by atoms with Crippen molar-refractivity contribution in [3.8, 4) is 17.2 Å². The number of benzene rings is 1. The van der Waals surface area contributed by atoms with E-state index in [1.54, 1.807) is 25.3 Å². The van der Waals surface area contributed by atoms with E-state index in [9.17, 15) is 0 Å². The van der Waals surface area contributed by atoms with Crippen LogP contribution in [0.3, 0.4) is 0 Å². The Hall–Kier alpha value is -1.59. The first kappa shape index (κ1) is 10.9. The van der Waals surface area contributed by atoms with Crippen molar-refractivity contribution in [3.63, 3.8) is 0 Å². The van der Waals surface area contributed by atoms with E-state index in [1.165, 1.54) is 0 Å². The van der Waals surface area contributed by atoms with Crippen LogP contribution in [-0.2, 0) is 6.54 Å². The number of rotatable bonds is 3. The quantitative estimate of drug-likeness (QED) is 0.885. The molecular formula is C10H10ClN3O2. The largest absolute Gasteiger partial charge is 0.495 e. The van der Waals surface area contributed by atoms with E-state index in [-0.39, 0.29) is 6.54 Å². The molecule has 0 fully saturated rings. The first-order valence-corrected chi connectivity index (χ1v) is 4.98. The number of nitrogens with zero attached hydrogens (tertiary/aromatic N) is 2. The van der Waals surface area contributed by atoms with Crippen molar-refractivity contribution < 1.29 is 9.15 Å². The van der Waals surface area contributed by atoms with Crippen LogP contribution < -0.4 is 10.5 Å². The van der Waals surface area contributed by atoms with E-state index in [0.717, 1.165) is 5.56 Å². The van der Waals surface area contributed by atoms with Gasteiger partial charge in [-0.1, -0.05) is 11.6 Å². The summed E-state index contributed by atoms with van der Waals surface area (Å²) in [6.07, 6.45) is 0.